The Morgan fingerprint density at radius 2 is 1.73 bits per heavy atom. The normalized spacial score (nSPS) is 22.8. The minimum atomic E-state index is -0.141. The molecule has 1 unspecified atom stereocenters. The van der Waals surface area contributed by atoms with Crippen molar-refractivity contribution in [1.29, 1.82) is 0 Å². The van der Waals surface area contributed by atoms with Crippen molar-refractivity contribution in [2.24, 2.45) is 5.92 Å². The summed E-state index contributed by atoms with van der Waals surface area (Å²) in [5.74, 6) is 0.553. The smallest absolute Gasteiger partial charge is 0.410 e. The van der Waals surface area contributed by atoms with Crippen molar-refractivity contribution in [3.63, 3.8) is 0 Å². The summed E-state index contributed by atoms with van der Waals surface area (Å²) in [6.45, 7) is 9.63. The maximum atomic E-state index is 12.2. The van der Waals surface area contributed by atoms with Gasteiger partial charge in [0.25, 0.3) is 0 Å². The molecule has 2 aliphatic heterocycles. The highest BCUT2D eigenvalue weighted by Gasteiger charge is 2.26. The number of amides is 1. The predicted octanol–water partition coefficient (Wildman–Crippen LogP) is 2.79. The summed E-state index contributed by atoms with van der Waals surface area (Å²) in [6.07, 6.45) is 5.04. The molecule has 0 spiro atoms. The maximum Gasteiger partial charge on any atom is 0.410 e. The van der Waals surface area contributed by atoms with Gasteiger partial charge >= 0.3 is 6.09 Å². The molecule has 1 N–H and O–H groups in total. The molecule has 2 heterocycles. The first-order valence-corrected chi connectivity index (χ1v) is 8.84. The number of likely N-dealkylation sites (tertiary alicyclic amines) is 1. The fourth-order valence-corrected chi connectivity index (χ4v) is 3.38. The van der Waals surface area contributed by atoms with E-state index in [2.05, 4.69) is 19.2 Å². The van der Waals surface area contributed by atoms with Crippen LogP contribution in [0.5, 0.6) is 0 Å². The number of nitrogens with one attached hydrogen (secondary N) is 1. The summed E-state index contributed by atoms with van der Waals surface area (Å²) in [5.41, 5.74) is 0. The zero-order valence-electron chi connectivity index (χ0n) is 14.3. The maximum absolute atomic E-state index is 12.2. The Kier molecular flexibility index (Phi) is 6.96. The molecule has 0 aromatic rings. The monoisotopic (exact) mass is 312 g/mol. The number of nitrogens with zero attached hydrogens (tertiary/aromatic N) is 1. The van der Waals surface area contributed by atoms with E-state index in [0.29, 0.717) is 18.0 Å². The second-order valence-corrected chi connectivity index (χ2v) is 7.14. The Hall–Kier alpha value is -0.810. The van der Waals surface area contributed by atoms with Crippen LogP contribution in [0.3, 0.4) is 0 Å². The summed E-state index contributed by atoms with van der Waals surface area (Å²) in [5, 5.41) is 3.73. The molecule has 2 rings (SSSR count). The third-order valence-corrected chi connectivity index (χ3v) is 4.55. The highest BCUT2D eigenvalue weighted by atomic mass is 16.6. The Morgan fingerprint density at radius 3 is 2.32 bits per heavy atom. The minimum absolute atomic E-state index is 0.00517. The average molecular weight is 312 g/mol. The molecule has 2 aliphatic rings. The van der Waals surface area contributed by atoms with Crippen LogP contribution in [0.25, 0.3) is 0 Å². The third-order valence-electron chi connectivity index (χ3n) is 4.55. The largest absolute Gasteiger partial charge is 0.446 e. The lowest BCUT2D eigenvalue weighted by Gasteiger charge is -2.35. The van der Waals surface area contributed by atoms with Crippen molar-refractivity contribution in [3.05, 3.63) is 0 Å². The van der Waals surface area contributed by atoms with E-state index in [4.69, 9.17) is 9.47 Å². The van der Waals surface area contributed by atoms with Crippen LogP contribution in [0.1, 0.15) is 52.9 Å². The van der Waals surface area contributed by atoms with Gasteiger partial charge < -0.3 is 19.7 Å². The lowest BCUT2D eigenvalue weighted by molar-refractivity contribution is 0.0497. The van der Waals surface area contributed by atoms with Crippen molar-refractivity contribution < 1.29 is 14.3 Å². The lowest BCUT2D eigenvalue weighted by Crippen LogP contribution is -2.49. The molecule has 5 heteroatoms. The number of carbonyl (C=O) groups is 1. The average Bonchev–Trinajstić information content (AvgIpc) is 2.48. The molecule has 0 saturated carbocycles. The Balaban J connectivity index is 1.66. The molecule has 128 valence electrons. The second-order valence-electron chi connectivity index (χ2n) is 7.14. The van der Waals surface area contributed by atoms with Gasteiger partial charge in [0, 0.05) is 38.4 Å². The summed E-state index contributed by atoms with van der Waals surface area (Å²) in [6, 6.07) is 1.11. The third kappa shape index (κ3) is 5.76. The van der Waals surface area contributed by atoms with E-state index in [9.17, 15) is 4.79 Å². The van der Waals surface area contributed by atoms with E-state index < -0.39 is 0 Å². The quantitative estimate of drug-likeness (QED) is 0.848. The van der Waals surface area contributed by atoms with Crippen LogP contribution in [-0.4, -0.2) is 55.5 Å². The highest BCUT2D eigenvalue weighted by molar-refractivity contribution is 5.67. The molecule has 0 bridgehead atoms. The van der Waals surface area contributed by atoms with Crippen molar-refractivity contribution in [2.45, 2.75) is 71.1 Å². The van der Waals surface area contributed by atoms with E-state index >= 15 is 0 Å². The molecular weight excluding hydrogens is 280 g/mol. The van der Waals surface area contributed by atoms with Gasteiger partial charge in [0.05, 0.1) is 0 Å². The standard InChI is InChI=1S/C17H32N2O3/c1-13(2)12-14(3)22-17(20)19-8-4-15(5-9-19)18-16-6-10-21-11-7-16/h13-16,18H,4-12H2,1-3H3. The Labute approximate surface area is 134 Å². The number of hydrogen-bond donors (Lipinski definition) is 1. The van der Waals surface area contributed by atoms with E-state index in [0.717, 1.165) is 58.4 Å². The van der Waals surface area contributed by atoms with Crippen molar-refractivity contribution >= 4 is 6.09 Å². The number of rotatable bonds is 5. The van der Waals surface area contributed by atoms with E-state index in [1.807, 2.05) is 11.8 Å². The summed E-state index contributed by atoms with van der Waals surface area (Å²) in [4.78, 5) is 14.0. The lowest BCUT2D eigenvalue weighted by atomic mass is 10.0. The molecule has 2 fully saturated rings. The SMILES string of the molecule is CC(C)CC(C)OC(=O)N1CCC(NC2CCOCC2)CC1. The number of ether oxygens (including phenoxy) is 2. The van der Waals surface area contributed by atoms with Crippen LogP contribution in [0, 0.1) is 5.92 Å². The first kappa shape index (κ1) is 17.5. The number of carbonyl (C=O) groups excluding carboxylic acids is 1. The van der Waals surface area contributed by atoms with Gasteiger partial charge in [0.15, 0.2) is 0 Å². The molecule has 0 aliphatic carbocycles. The molecule has 0 aromatic carbocycles. The Morgan fingerprint density at radius 1 is 1.14 bits per heavy atom. The van der Waals surface area contributed by atoms with E-state index in [1.54, 1.807) is 0 Å². The molecule has 1 amide bonds. The van der Waals surface area contributed by atoms with Crippen LogP contribution in [0.4, 0.5) is 4.79 Å². The van der Waals surface area contributed by atoms with Gasteiger partial charge in [0.2, 0.25) is 0 Å². The van der Waals surface area contributed by atoms with Gasteiger partial charge in [-0.2, -0.15) is 0 Å². The molecule has 5 nitrogen and oxygen atoms in total. The number of piperidine rings is 1. The van der Waals surface area contributed by atoms with Crippen LogP contribution >= 0.6 is 0 Å². The summed E-state index contributed by atoms with van der Waals surface area (Å²) in [7, 11) is 0. The van der Waals surface area contributed by atoms with Crippen LogP contribution in [-0.2, 0) is 9.47 Å². The van der Waals surface area contributed by atoms with Crippen molar-refractivity contribution in [1.82, 2.24) is 10.2 Å². The highest BCUT2D eigenvalue weighted by Crippen LogP contribution is 2.16. The molecule has 0 aromatic heterocycles. The van der Waals surface area contributed by atoms with Gasteiger partial charge in [-0.15, -0.1) is 0 Å². The van der Waals surface area contributed by atoms with Gasteiger partial charge in [-0.05, 0) is 44.9 Å². The Bertz CT molecular complexity index is 335. The van der Waals surface area contributed by atoms with Crippen LogP contribution in [0.2, 0.25) is 0 Å². The van der Waals surface area contributed by atoms with Crippen molar-refractivity contribution in [2.75, 3.05) is 26.3 Å². The van der Waals surface area contributed by atoms with E-state index in [-0.39, 0.29) is 12.2 Å². The molecular formula is C17H32N2O3. The molecule has 2 saturated heterocycles. The first-order chi connectivity index (χ1) is 10.5. The molecule has 1 atom stereocenters. The zero-order valence-corrected chi connectivity index (χ0v) is 14.3. The first-order valence-electron chi connectivity index (χ1n) is 8.84. The number of hydrogen-bond acceptors (Lipinski definition) is 4. The van der Waals surface area contributed by atoms with Crippen LogP contribution in [0.15, 0.2) is 0 Å². The van der Waals surface area contributed by atoms with E-state index in [1.165, 1.54) is 0 Å². The van der Waals surface area contributed by atoms with Gasteiger partial charge in [-0.25, -0.2) is 4.79 Å². The van der Waals surface area contributed by atoms with Crippen LogP contribution < -0.4 is 5.32 Å². The van der Waals surface area contributed by atoms with Gasteiger partial charge in [-0.1, -0.05) is 13.8 Å². The molecule has 22 heavy (non-hydrogen) atoms. The summed E-state index contributed by atoms with van der Waals surface area (Å²) >= 11 is 0. The van der Waals surface area contributed by atoms with Gasteiger partial charge in [0.1, 0.15) is 6.10 Å². The zero-order chi connectivity index (χ0) is 15.9. The minimum Gasteiger partial charge on any atom is -0.446 e. The summed E-state index contributed by atoms with van der Waals surface area (Å²) < 4.78 is 10.9. The van der Waals surface area contributed by atoms with Gasteiger partial charge in [-0.3, -0.25) is 0 Å². The fraction of sp³-hybridized carbons (Fsp3) is 0.941. The second kappa shape index (κ2) is 8.73. The predicted molar refractivity (Wildman–Crippen MR) is 87.0 cm³/mol. The molecule has 0 radical (unpaired) electrons. The topological polar surface area (TPSA) is 50.8 Å². The fourth-order valence-electron chi connectivity index (χ4n) is 3.38. The van der Waals surface area contributed by atoms with Crippen molar-refractivity contribution in [3.8, 4) is 0 Å².